The lowest BCUT2D eigenvalue weighted by Crippen LogP contribution is -2.32. The summed E-state index contributed by atoms with van der Waals surface area (Å²) in [5.41, 5.74) is 7.05. The molecular weight excluding hydrogens is 256 g/mol. The molecule has 0 heterocycles. The minimum absolute atomic E-state index is 0.0150. The van der Waals surface area contributed by atoms with Crippen molar-refractivity contribution in [2.75, 3.05) is 13.3 Å². The van der Waals surface area contributed by atoms with Gasteiger partial charge in [-0.1, -0.05) is 25.5 Å². The predicted molar refractivity (Wildman–Crippen MR) is 82.2 cm³/mol. The Hall–Kier alpha value is -1.00. The van der Waals surface area contributed by atoms with Crippen molar-refractivity contribution in [3.05, 3.63) is 29.8 Å². The van der Waals surface area contributed by atoms with Gasteiger partial charge in [-0.25, -0.2) is 0 Å². The van der Waals surface area contributed by atoms with Crippen LogP contribution in [-0.4, -0.2) is 30.2 Å². The van der Waals surface area contributed by atoms with E-state index < -0.39 is 0 Å². The standard InChI is InChI=1S/C15H24N2OS/c1-4-5-13(16)10-15(18)17(2)11-12-6-8-14(19-3)9-7-12/h6-9,13H,4-5,10-11,16H2,1-3H3. The summed E-state index contributed by atoms with van der Waals surface area (Å²) < 4.78 is 0. The molecule has 2 N–H and O–H groups in total. The van der Waals surface area contributed by atoms with Crippen molar-refractivity contribution in [3.63, 3.8) is 0 Å². The molecule has 0 aromatic heterocycles. The fourth-order valence-corrected chi connectivity index (χ4v) is 2.35. The van der Waals surface area contributed by atoms with Gasteiger partial charge < -0.3 is 10.6 Å². The summed E-state index contributed by atoms with van der Waals surface area (Å²) in [6, 6.07) is 8.30. The van der Waals surface area contributed by atoms with Gasteiger partial charge in [-0.05, 0) is 30.4 Å². The van der Waals surface area contributed by atoms with E-state index in [-0.39, 0.29) is 11.9 Å². The lowest BCUT2D eigenvalue weighted by molar-refractivity contribution is -0.130. The Morgan fingerprint density at radius 1 is 1.37 bits per heavy atom. The number of benzene rings is 1. The normalized spacial score (nSPS) is 12.2. The Balaban J connectivity index is 2.48. The average Bonchev–Trinajstić information content (AvgIpc) is 2.39. The molecule has 0 aliphatic carbocycles. The van der Waals surface area contributed by atoms with Crippen molar-refractivity contribution in [3.8, 4) is 0 Å². The second-order valence-electron chi connectivity index (χ2n) is 4.85. The van der Waals surface area contributed by atoms with Crippen LogP contribution in [0.3, 0.4) is 0 Å². The molecule has 1 rings (SSSR count). The SMILES string of the molecule is CCCC(N)CC(=O)N(C)Cc1ccc(SC)cc1. The first kappa shape index (κ1) is 16.1. The topological polar surface area (TPSA) is 46.3 Å². The van der Waals surface area contributed by atoms with Gasteiger partial charge in [0.1, 0.15) is 0 Å². The average molecular weight is 280 g/mol. The second-order valence-corrected chi connectivity index (χ2v) is 5.73. The van der Waals surface area contributed by atoms with E-state index in [9.17, 15) is 4.79 Å². The quantitative estimate of drug-likeness (QED) is 0.781. The molecule has 1 unspecified atom stereocenters. The summed E-state index contributed by atoms with van der Waals surface area (Å²) in [7, 11) is 1.84. The molecule has 0 aliphatic heterocycles. The Bertz CT molecular complexity index is 392. The molecule has 0 aliphatic rings. The molecule has 1 amide bonds. The van der Waals surface area contributed by atoms with Gasteiger partial charge in [0.15, 0.2) is 0 Å². The summed E-state index contributed by atoms with van der Waals surface area (Å²) in [6.07, 6.45) is 4.42. The number of thioether (sulfide) groups is 1. The van der Waals surface area contributed by atoms with E-state index in [4.69, 9.17) is 5.73 Å². The van der Waals surface area contributed by atoms with Crippen LogP contribution in [0.2, 0.25) is 0 Å². The number of amides is 1. The van der Waals surface area contributed by atoms with E-state index in [2.05, 4.69) is 37.4 Å². The van der Waals surface area contributed by atoms with Crippen molar-refractivity contribution in [1.82, 2.24) is 4.90 Å². The lowest BCUT2D eigenvalue weighted by atomic mass is 10.1. The Kier molecular flexibility index (Phi) is 6.95. The van der Waals surface area contributed by atoms with Crippen LogP contribution in [-0.2, 0) is 11.3 Å². The molecule has 0 saturated carbocycles. The molecule has 1 aromatic rings. The van der Waals surface area contributed by atoms with Crippen LogP contribution in [0.15, 0.2) is 29.2 Å². The Morgan fingerprint density at radius 2 is 2.00 bits per heavy atom. The first-order valence-electron chi connectivity index (χ1n) is 6.69. The highest BCUT2D eigenvalue weighted by atomic mass is 32.2. The maximum atomic E-state index is 12.0. The van der Waals surface area contributed by atoms with E-state index in [0.29, 0.717) is 13.0 Å². The van der Waals surface area contributed by atoms with E-state index in [0.717, 1.165) is 18.4 Å². The van der Waals surface area contributed by atoms with Crippen molar-refractivity contribution >= 4 is 17.7 Å². The number of nitrogens with two attached hydrogens (primary N) is 1. The van der Waals surface area contributed by atoms with Crippen LogP contribution in [0.1, 0.15) is 31.7 Å². The third-order valence-electron chi connectivity index (χ3n) is 3.10. The minimum Gasteiger partial charge on any atom is -0.341 e. The third kappa shape index (κ3) is 5.66. The van der Waals surface area contributed by atoms with Crippen molar-refractivity contribution in [2.45, 2.75) is 43.7 Å². The van der Waals surface area contributed by atoms with Gasteiger partial charge in [0.05, 0.1) is 0 Å². The molecule has 1 atom stereocenters. The molecule has 1 aromatic carbocycles. The van der Waals surface area contributed by atoms with Crippen LogP contribution in [0, 0.1) is 0 Å². The summed E-state index contributed by atoms with van der Waals surface area (Å²) in [5, 5.41) is 0. The van der Waals surface area contributed by atoms with Gasteiger partial charge in [0.2, 0.25) is 5.91 Å². The number of nitrogens with zero attached hydrogens (tertiary/aromatic N) is 1. The smallest absolute Gasteiger partial charge is 0.224 e. The first-order chi connectivity index (χ1) is 9.06. The number of carbonyl (C=O) groups excluding carboxylic acids is 1. The summed E-state index contributed by atoms with van der Waals surface area (Å²) >= 11 is 1.72. The first-order valence-corrected chi connectivity index (χ1v) is 7.91. The third-order valence-corrected chi connectivity index (χ3v) is 3.84. The highest BCUT2D eigenvalue weighted by Gasteiger charge is 2.13. The molecule has 19 heavy (non-hydrogen) atoms. The van der Waals surface area contributed by atoms with Crippen LogP contribution in [0.5, 0.6) is 0 Å². The van der Waals surface area contributed by atoms with Crippen molar-refractivity contribution in [2.24, 2.45) is 5.73 Å². The number of carbonyl (C=O) groups is 1. The van der Waals surface area contributed by atoms with E-state index >= 15 is 0 Å². The zero-order chi connectivity index (χ0) is 14.3. The largest absolute Gasteiger partial charge is 0.341 e. The van der Waals surface area contributed by atoms with Crippen LogP contribution >= 0.6 is 11.8 Å². The van der Waals surface area contributed by atoms with Gasteiger partial charge in [-0.15, -0.1) is 11.8 Å². The van der Waals surface area contributed by atoms with Crippen molar-refractivity contribution in [1.29, 1.82) is 0 Å². The molecule has 0 radical (unpaired) electrons. The maximum absolute atomic E-state index is 12.0. The molecule has 0 spiro atoms. The molecule has 4 heteroatoms. The van der Waals surface area contributed by atoms with Gasteiger partial charge in [0, 0.05) is 31.0 Å². The van der Waals surface area contributed by atoms with Gasteiger partial charge in [-0.3, -0.25) is 4.79 Å². The summed E-state index contributed by atoms with van der Waals surface area (Å²) in [4.78, 5) is 15.0. The number of hydrogen-bond acceptors (Lipinski definition) is 3. The second kappa shape index (κ2) is 8.23. The zero-order valence-corrected chi connectivity index (χ0v) is 12.9. The fraction of sp³-hybridized carbons (Fsp3) is 0.533. The highest BCUT2D eigenvalue weighted by molar-refractivity contribution is 7.98. The predicted octanol–water partition coefficient (Wildman–Crippen LogP) is 2.88. The van der Waals surface area contributed by atoms with Gasteiger partial charge >= 0.3 is 0 Å². The van der Waals surface area contributed by atoms with Crippen LogP contribution in [0.4, 0.5) is 0 Å². The summed E-state index contributed by atoms with van der Waals surface area (Å²) in [5.74, 6) is 0.120. The molecule has 0 saturated heterocycles. The molecule has 3 nitrogen and oxygen atoms in total. The molecular formula is C15H24N2OS. The molecule has 0 bridgehead atoms. The number of hydrogen-bond donors (Lipinski definition) is 1. The van der Waals surface area contributed by atoms with Crippen LogP contribution < -0.4 is 5.73 Å². The van der Waals surface area contributed by atoms with Gasteiger partial charge in [-0.2, -0.15) is 0 Å². The molecule has 0 fully saturated rings. The molecule has 106 valence electrons. The summed E-state index contributed by atoms with van der Waals surface area (Å²) in [6.45, 7) is 2.73. The lowest BCUT2D eigenvalue weighted by Gasteiger charge is -2.19. The van der Waals surface area contributed by atoms with E-state index in [1.807, 2.05) is 7.05 Å². The Morgan fingerprint density at radius 3 is 2.53 bits per heavy atom. The Labute approximate surface area is 120 Å². The fourth-order valence-electron chi connectivity index (χ4n) is 1.95. The van der Waals surface area contributed by atoms with E-state index in [1.165, 1.54) is 4.90 Å². The van der Waals surface area contributed by atoms with Gasteiger partial charge in [0.25, 0.3) is 0 Å². The maximum Gasteiger partial charge on any atom is 0.224 e. The van der Waals surface area contributed by atoms with E-state index in [1.54, 1.807) is 16.7 Å². The zero-order valence-electron chi connectivity index (χ0n) is 12.1. The highest BCUT2D eigenvalue weighted by Crippen LogP contribution is 2.16. The van der Waals surface area contributed by atoms with Crippen molar-refractivity contribution < 1.29 is 4.79 Å². The number of rotatable bonds is 7. The minimum atomic E-state index is -0.0150. The van der Waals surface area contributed by atoms with Crippen LogP contribution in [0.25, 0.3) is 0 Å². The monoisotopic (exact) mass is 280 g/mol.